The summed E-state index contributed by atoms with van der Waals surface area (Å²) in [6, 6.07) is 13.4. The van der Waals surface area contributed by atoms with Crippen LogP contribution < -0.4 is 16.0 Å². The monoisotopic (exact) mass is 515 g/mol. The lowest BCUT2D eigenvalue weighted by Gasteiger charge is -2.23. The van der Waals surface area contributed by atoms with Gasteiger partial charge in [-0.05, 0) is 56.2 Å². The van der Waals surface area contributed by atoms with Crippen molar-refractivity contribution in [3.63, 3.8) is 0 Å². The first-order valence-electron chi connectivity index (χ1n) is 12.8. The normalized spacial score (nSPS) is 11.7. The van der Waals surface area contributed by atoms with Gasteiger partial charge >= 0.3 is 5.69 Å². The van der Waals surface area contributed by atoms with E-state index in [2.05, 4.69) is 16.0 Å². The predicted molar refractivity (Wildman–Crippen MR) is 148 cm³/mol. The number of fused-ring (bicyclic) bond motifs is 2. The van der Waals surface area contributed by atoms with Gasteiger partial charge in [-0.1, -0.05) is 6.07 Å². The molecule has 0 aliphatic rings. The summed E-state index contributed by atoms with van der Waals surface area (Å²) < 4.78 is 16.7. The second kappa shape index (κ2) is 10.7. The average molecular weight is 516 g/mol. The Morgan fingerprint density at radius 2 is 1.82 bits per heavy atom. The van der Waals surface area contributed by atoms with Gasteiger partial charge in [0.1, 0.15) is 17.1 Å². The van der Waals surface area contributed by atoms with Gasteiger partial charge in [-0.15, -0.1) is 0 Å². The van der Waals surface area contributed by atoms with Gasteiger partial charge in [-0.3, -0.25) is 23.8 Å². The zero-order valence-electron chi connectivity index (χ0n) is 22.3. The van der Waals surface area contributed by atoms with Gasteiger partial charge in [-0.2, -0.15) is 0 Å². The number of hydrogen-bond acceptors (Lipinski definition) is 6. The minimum Gasteiger partial charge on any atom is -0.493 e. The lowest BCUT2D eigenvalue weighted by Crippen LogP contribution is -2.32. The van der Waals surface area contributed by atoms with Crippen LogP contribution in [-0.4, -0.2) is 43.3 Å². The average Bonchev–Trinajstić information content (AvgIpc) is 3.40. The molecular formula is C29H33N5O4. The summed E-state index contributed by atoms with van der Waals surface area (Å²) in [6.07, 6.45) is 4.41. The molecule has 0 aliphatic carbocycles. The molecule has 0 amide bonds. The van der Waals surface area contributed by atoms with Crippen molar-refractivity contribution in [3.8, 4) is 5.75 Å². The molecule has 0 saturated carbocycles. The molecule has 4 aromatic heterocycles. The number of benzene rings is 1. The van der Waals surface area contributed by atoms with E-state index in [1.165, 1.54) is 0 Å². The third-order valence-corrected chi connectivity index (χ3v) is 7.08. The molecule has 5 rings (SSSR count). The Bertz CT molecular complexity index is 1710. The van der Waals surface area contributed by atoms with E-state index in [0.29, 0.717) is 30.7 Å². The van der Waals surface area contributed by atoms with Crippen molar-refractivity contribution >= 4 is 22.0 Å². The van der Waals surface area contributed by atoms with Crippen LogP contribution in [-0.2, 0) is 27.2 Å². The van der Waals surface area contributed by atoms with Crippen LogP contribution >= 0.6 is 0 Å². The summed E-state index contributed by atoms with van der Waals surface area (Å²) in [6.45, 7) is 7.20. The van der Waals surface area contributed by atoms with Gasteiger partial charge in [0.2, 0.25) is 0 Å². The molecule has 9 nitrogen and oxygen atoms in total. The van der Waals surface area contributed by atoms with Crippen LogP contribution in [0.25, 0.3) is 22.0 Å². The quantitative estimate of drug-likeness (QED) is 0.263. The minimum atomic E-state index is -0.0559. The molecular weight excluding hydrogens is 482 g/mol. The van der Waals surface area contributed by atoms with E-state index in [-0.39, 0.29) is 11.2 Å². The molecule has 0 unspecified atom stereocenters. The van der Waals surface area contributed by atoms with Crippen molar-refractivity contribution in [2.75, 3.05) is 19.7 Å². The molecule has 0 radical (unpaired) electrons. The number of hydrogen-bond donors (Lipinski definition) is 0. The van der Waals surface area contributed by atoms with Crippen molar-refractivity contribution < 1.29 is 9.15 Å². The van der Waals surface area contributed by atoms with Gasteiger partial charge in [0.25, 0.3) is 5.56 Å². The molecule has 0 saturated heterocycles. The molecule has 1 aromatic carbocycles. The number of imidazole rings is 1. The fourth-order valence-corrected chi connectivity index (χ4v) is 4.88. The van der Waals surface area contributed by atoms with E-state index in [4.69, 9.17) is 9.15 Å². The summed E-state index contributed by atoms with van der Waals surface area (Å²) in [4.78, 5) is 31.9. The maximum atomic E-state index is 13.0. The summed E-state index contributed by atoms with van der Waals surface area (Å²) >= 11 is 0. The van der Waals surface area contributed by atoms with Crippen molar-refractivity contribution in [1.29, 1.82) is 0 Å². The van der Waals surface area contributed by atoms with E-state index in [0.717, 1.165) is 53.3 Å². The fourth-order valence-electron chi connectivity index (χ4n) is 4.88. The van der Waals surface area contributed by atoms with Crippen LogP contribution in [0.5, 0.6) is 5.75 Å². The summed E-state index contributed by atoms with van der Waals surface area (Å²) in [5, 5.41) is 0.612. The molecule has 0 bridgehead atoms. The van der Waals surface area contributed by atoms with Crippen LogP contribution in [0.2, 0.25) is 0 Å². The number of aryl methyl sites for hydroxylation is 4. The molecule has 5 aromatic rings. The fraction of sp³-hybridized carbons (Fsp3) is 0.345. The molecule has 0 spiro atoms. The van der Waals surface area contributed by atoms with Crippen molar-refractivity contribution in [3.05, 3.63) is 92.7 Å². The Balaban J connectivity index is 1.25. The molecule has 0 fully saturated rings. The van der Waals surface area contributed by atoms with Crippen LogP contribution in [0, 0.1) is 13.8 Å². The topological polar surface area (TPSA) is 87.4 Å². The third kappa shape index (κ3) is 5.15. The molecule has 38 heavy (non-hydrogen) atoms. The Hall–Kier alpha value is -4.11. The largest absolute Gasteiger partial charge is 0.493 e. The lowest BCUT2D eigenvalue weighted by atomic mass is 10.2. The van der Waals surface area contributed by atoms with Gasteiger partial charge in [-0.25, -0.2) is 4.79 Å². The zero-order chi connectivity index (χ0) is 26.8. The van der Waals surface area contributed by atoms with Gasteiger partial charge in [0.05, 0.1) is 23.0 Å². The number of pyridine rings is 2. The first-order valence-corrected chi connectivity index (χ1v) is 12.8. The van der Waals surface area contributed by atoms with Gasteiger partial charge in [0.15, 0.2) is 0 Å². The maximum absolute atomic E-state index is 13.0. The Kier molecular flexibility index (Phi) is 7.20. The number of nitrogens with zero attached hydrogens (tertiary/aromatic N) is 5. The Morgan fingerprint density at radius 3 is 2.63 bits per heavy atom. The van der Waals surface area contributed by atoms with Crippen molar-refractivity contribution in [1.82, 2.24) is 23.6 Å². The lowest BCUT2D eigenvalue weighted by molar-refractivity contribution is 0.220. The van der Waals surface area contributed by atoms with E-state index in [9.17, 15) is 9.59 Å². The highest BCUT2D eigenvalue weighted by molar-refractivity contribution is 5.78. The highest BCUT2D eigenvalue weighted by Crippen LogP contribution is 2.20. The van der Waals surface area contributed by atoms with E-state index in [1.54, 1.807) is 46.3 Å². The minimum absolute atomic E-state index is 0.0362. The SMILES string of the molecule is Cc1cc2c(=O)n(CCN(CCCOc3ccc4c(c3)n(C)c(=O)n4C)Cc3cccnc3C)ccc2o1. The van der Waals surface area contributed by atoms with E-state index in [1.807, 2.05) is 44.2 Å². The molecule has 9 heteroatoms. The van der Waals surface area contributed by atoms with Crippen molar-refractivity contribution in [2.45, 2.75) is 33.4 Å². The van der Waals surface area contributed by atoms with Crippen molar-refractivity contribution in [2.24, 2.45) is 14.1 Å². The summed E-state index contributed by atoms with van der Waals surface area (Å²) in [7, 11) is 3.54. The molecule has 0 aliphatic heterocycles. The van der Waals surface area contributed by atoms with E-state index >= 15 is 0 Å². The van der Waals surface area contributed by atoms with Gasteiger partial charge in [0, 0.05) is 64.4 Å². The highest BCUT2D eigenvalue weighted by atomic mass is 16.5. The van der Waals surface area contributed by atoms with Gasteiger partial charge < -0.3 is 13.7 Å². The standard InChI is InChI=1S/C29H33N5O4/c1-20-17-24-27(38-20)10-13-34(28(24)35)15-14-33(19-22-7-5-11-30-21(22)2)12-6-16-37-23-8-9-25-26(18-23)32(4)29(36)31(25)3/h5,7-11,13,17-18H,6,12,14-16,19H2,1-4H3. The third-order valence-electron chi connectivity index (χ3n) is 7.08. The predicted octanol–water partition coefficient (Wildman–Crippen LogP) is 3.77. The molecule has 0 atom stereocenters. The first-order chi connectivity index (χ1) is 18.3. The van der Waals surface area contributed by atoms with E-state index < -0.39 is 0 Å². The number of ether oxygens (including phenoxy) is 1. The first kappa shape index (κ1) is 25.5. The van der Waals surface area contributed by atoms with Crippen LogP contribution in [0.4, 0.5) is 0 Å². The second-order valence-corrected chi connectivity index (χ2v) is 9.73. The Labute approximate surface area is 220 Å². The van der Waals surface area contributed by atoms with Crippen LogP contribution in [0.1, 0.15) is 23.4 Å². The van der Waals surface area contributed by atoms with Crippen LogP contribution in [0.15, 0.2) is 68.9 Å². The number of aromatic nitrogens is 4. The summed E-state index contributed by atoms with van der Waals surface area (Å²) in [5.41, 5.74) is 4.42. The molecule has 0 N–H and O–H groups in total. The molecule has 198 valence electrons. The van der Waals surface area contributed by atoms with Crippen LogP contribution in [0.3, 0.4) is 0 Å². The number of furan rings is 1. The smallest absolute Gasteiger partial charge is 0.328 e. The Morgan fingerprint density at radius 1 is 1.00 bits per heavy atom. The second-order valence-electron chi connectivity index (χ2n) is 9.73. The maximum Gasteiger partial charge on any atom is 0.328 e. The summed E-state index contributed by atoms with van der Waals surface area (Å²) in [5.74, 6) is 1.47. The number of rotatable bonds is 10. The zero-order valence-corrected chi connectivity index (χ0v) is 22.3. The molecule has 4 heterocycles. The highest BCUT2D eigenvalue weighted by Gasteiger charge is 2.13.